The number of nitrogens with one attached hydrogen (secondary N) is 1. The molecular formula is C13H13ClN2S. The van der Waals surface area contributed by atoms with E-state index in [1.54, 1.807) is 11.3 Å². The molecule has 0 radical (unpaired) electrons. The number of thiophene rings is 1. The lowest BCUT2D eigenvalue weighted by Gasteiger charge is -2.03. The molecule has 0 amide bonds. The van der Waals surface area contributed by atoms with Gasteiger partial charge in [0.25, 0.3) is 0 Å². The Morgan fingerprint density at radius 1 is 1.29 bits per heavy atom. The summed E-state index contributed by atoms with van der Waals surface area (Å²) in [5.74, 6) is 0. The first-order chi connectivity index (χ1) is 8.29. The van der Waals surface area contributed by atoms with Gasteiger partial charge in [0.15, 0.2) is 0 Å². The molecule has 0 aliphatic carbocycles. The molecule has 0 saturated heterocycles. The summed E-state index contributed by atoms with van der Waals surface area (Å²) in [6, 6.07) is 11.6. The van der Waals surface area contributed by atoms with Gasteiger partial charge in [-0.3, -0.25) is 5.43 Å². The van der Waals surface area contributed by atoms with Gasteiger partial charge in [-0.25, -0.2) is 0 Å². The first-order valence-electron chi connectivity index (χ1n) is 5.41. The Morgan fingerprint density at radius 3 is 2.65 bits per heavy atom. The van der Waals surface area contributed by atoms with Crippen molar-refractivity contribution in [3.05, 3.63) is 51.7 Å². The van der Waals surface area contributed by atoms with E-state index < -0.39 is 0 Å². The van der Waals surface area contributed by atoms with Crippen LogP contribution in [0.2, 0.25) is 5.02 Å². The molecule has 2 aromatic rings. The largest absolute Gasteiger partial charge is 0.278 e. The number of hydrazone groups is 1. The van der Waals surface area contributed by atoms with E-state index in [0.717, 1.165) is 22.8 Å². The summed E-state index contributed by atoms with van der Waals surface area (Å²) in [6.07, 6.45) is 0.904. The lowest BCUT2D eigenvalue weighted by Crippen LogP contribution is -2.00. The van der Waals surface area contributed by atoms with E-state index >= 15 is 0 Å². The lowest BCUT2D eigenvalue weighted by molar-refractivity contribution is 1.23. The summed E-state index contributed by atoms with van der Waals surface area (Å²) in [5, 5.41) is 7.21. The standard InChI is InChI=1S/C13H13ClN2S/c1-2-12(13-4-3-9-17-13)16-15-11-7-5-10(14)6-8-11/h3-9,15H,2H2,1H3/b16-12-. The fraction of sp³-hybridized carbons (Fsp3) is 0.154. The summed E-state index contributed by atoms with van der Waals surface area (Å²) in [5.41, 5.74) is 5.05. The minimum Gasteiger partial charge on any atom is -0.278 e. The molecule has 0 aliphatic rings. The summed E-state index contributed by atoms with van der Waals surface area (Å²) >= 11 is 7.52. The molecule has 0 bridgehead atoms. The average molecular weight is 265 g/mol. The highest BCUT2D eigenvalue weighted by Crippen LogP contribution is 2.15. The highest BCUT2D eigenvalue weighted by Gasteiger charge is 2.01. The smallest absolute Gasteiger partial charge is 0.0776 e. The summed E-state index contributed by atoms with van der Waals surface area (Å²) in [6.45, 7) is 2.10. The van der Waals surface area contributed by atoms with E-state index in [9.17, 15) is 0 Å². The minimum absolute atomic E-state index is 0.730. The monoisotopic (exact) mass is 264 g/mol. The van der Waals surface area contributed by atoms with E-state index in [2.05, 4.69) is 28.9 Å². The third kappa shape index (κ3) is 3.32. The zero-order chi connectivity index (χ0) is 12.1. The van der Waals surface area contributed by atoms with Crippen molar-refractivity contribution in [3.8, 4) is 0 Å². The molecule has 1 aromatic heterocycles. The van der Waals surface area contributed by atoms with E-state index in [1.807, 2.05) is 30.3 Å². The average Bonchev–Trinajstić information content (AvgIpc) is 2.86. The quantitative estimate of drug-likeness (QED) is 0.632. The van der Waals surface area contributed by atoms with Gasteiger partial charge in [0.05, 0.1) is 16.3 Å². The van der Waals surface area contributed by atoms with Crippen LogP contribution in [0.3, 0.4) is 0 Å². The highest BCUT2D eigenvalue weighted by molar-refractivity contribution is 7.12. The second kappa shape index (κ2) is 5.84. The molecule has 1 aromatic carbocycles. The number of hydrogen-bond donors (Lipinski definition) is 1. The Bertz CT molecular complexity index is 489. The van der Waals surface area contributed by atoms with Gasteiger partial charge in [-0.1, -0.05) is 24.6 Å². The molecule has 88 valence electrons. The SMILES string of the molecule is CC/C(=N/Nc1ccc(Cl)cc1)c1cccs1. The van der Waals surface area contributed by atoms with Gasteiger partial charge >= 0.3 is 0 Å². The molecule has 0 aliphatic heterocycles. The molecule has 0 atom stereocenters. The molecule has 2 rings (SSSR count). The van der Waals surface area contributed by atoms with Gasteiger partial charge < -0.3 is 0 Å². The number of rotatable bonds is 4. The molecule has 1 N–H and O–H groups in total. The lowest BCUT2D eigenvalue weighted by atomic mass is 10.2. The van der Waals surface area contributed by atoms with Crippen LogP contribution < -0.4 is 5.43 Å². The maximum Gasteiger partial charge on any atom is 0.0776 e. The molecule has 17 heavy (non-hydrogen) atoms. The zero-order valence-electron chi connectivity index (χ0n) is 9.48. The van der Waals surface area contributed by atoms with E-state index in [-0.39, 0.29) is 0 Å². The topological polar surface area (TPSA) is 24.4 Å². The Kier molecular flexibility index (Phi) is 4.18. The van der Waals surface area contributed by atoms with Crippen molar-refractivity contribution in [2.45, 2.75) is 13.3 Å². The van der Waals surface area contributed by atoms with Crippen molar-refractivity contribution in [1.82, 2.24) is 0 Å². The summed E-state index contributed by atoms with van der Waals surface area (Å²) in [4.78, 5) is 1.20. The van der Waals surface area contributed by atoms with Crippen LogP contribution in [0.25, 0.3) is 0 Å². The van der Waals surface area contributed by atoms with Crippen LogP contribution >= 0.6 is 22.9 Å². The number of nitrogens with zero attached hydrogens (tertiary/aromatic N) is 1. The van der Waals surface area contributed by atoms with Gasteiger partial charge in [0.2, 0.25) is 0 Å². The second-order valence-electron chi connectivity index (χ2n) is 3.51. The van der Waals surface area contributed by atoms with Gasteiger partial charge in [0, 0.05) is 5.02 Å². The minimum atomic E-state index is 0.730. The molecule has 0 fully saturated rings. The number of halogens is 1. The van der Waals surface area contributed by atoms with Crippen LogP contribution in [0.1, 0.15) is 18.2 Å². The van der Waals surface area contributed by atoms with Crippen molar-refractivity contribution in [1.29, 1.82) is 0 Å². The van der Waals surface area contributed by atoms with Gasteiger partial charge in [0.1, 0.15) is 0 Å². The molecule has 4 heteroatoms. The van der Waals surface area contributed by atoms with E-state index in [0.29, 0.717) is 0 Å². The van der Waals surface area contributed by atoms with Crippen LogP contribution in [0.4, 0.5) is 5.69 Å². The predicted octanol–water partition coefficient (Wildman–Crippen LogP) is 4.63. The first kappa shape index (κ1) is 12.1. The zero-order valence-corrected chi connectivity index (χ0v) is 11.1. The third-order valence-corrected chi connectivity index (χ3v) is 3.48. The predicted molar refractivity (Wildman–Crippen MR) is 76.2 cm³/mol. The van der Waals surface area contributed by atoms with Gasteiger partial charge in [-0.05, 0) is 42.1 Å². The molecule has 1 heterocycles. The first-order valence-corrected chi connectivity index (χ1v) is 6.67. The molecule has 2 nitrogen and oxygen atoms in total. The normalized spacial score (nSPS) is 11.5. The fourth-order valence-electron chi connectivity index (χ4n) is 1.41. The van der Waals surface area contributed by atoms with Gasteiger partial charge in [-0.2, -0.15) is 5.10 Å². The van der Waals surface area contributed by atoms with Crippen molar-refractivity contribution in [3.63, 3.8) is 0 Å². The Hall–Kier alpha value is -1.32. The number of hydrogen-bond acceptors (Lipinski definition) is 3. The Morgan fingerprint density at radius 2 is 2.06 bits per heavy atom. The van der Waals surface area contributed by atoms with Crippen LogP contribution in [0.15, 0.2) is 46.9 Å². The molecule has 0 saturated carbocycles. The van der Waals surface area contributed by atoms with Crippen LogP contribution in [-0.4, -0.2) is 5.71 Å². The van der Waals surface area contributed by atoms with Crippen molar-refractivity contribution >= 4 is 34.3 Å². The Balaban J connectivity index is 2.11. The molecular weight excluding hydrogens is 252 g/mol. The van der Waals surface area contributed by atoms with Crippen LogP contribution in [0.5, 0.6) is 0 Å². The van der Waals surface area contributed by atoms with Crippen molar-refractivity contribution < 1.29 is 0 Å². The number of anilines is 1. The van der Waals surface area contributed by atoms with E-state index in [4.69, 9.17) is 11.6 Å². The Labute approximate surface area is 110 Å². The van der Waals surface area contributed by atoms with E-state index in [1.165, 1.54) is 4.88 Å². The molecule has 0 unspecified atom stereocenters. The van der Waals surface area contributed by atoms with Crippen molar-refractivity contribution in [2.24, 2.45) is 5.10 Å². The second-order valence-corrected chi connectivity index (χ2v) is 4.89. The van der Waals surface area contributed by atoms with Crippen molar-refractivity contribution in [2.75, 3.05) is 5.43 Å². The summed E-state index contributed by atoms with van der Waals surface area (Å²) < 4.78 is 0. The maximum absolute atomic E-state index is 5.82. The van der Waals surface area contributed by atoms with Crippen LogP contribution in [0, 0.1) is 0 Å². The van der Waals surface area contributed by atoms with Crippen LogP contribution in [-0.2, 0) is 0 Å². The fourth-order valence-corrected chi connectivity index (χ4v) is 2.32. The highest BCUT2D eigenvalue weighted by atomic mass is 35.5. The third-order valence-electron chi connectivity index (χ3n) is 2.30. The maximum atomic E-state index is 5.82. The summed E-state index contributed by atoms with van der Waals surface area (Å²) in [7, 11) is 0. The number of benzene rings is 1. The van der Waals surface area contributed by atoms with Gasteiger partial charge in [-0.15, -0.1) is 11.3 Å². The molecule has 0 spiro atoms.